The topological polar surface area (TPSA) is 140 Å². The first-order valence-corrected chi connectivity index (χ1v) is 11.8. The molecule has 2 aromatic rings. The molecule has 1 aromatic carbocycles. The van der Waals surface area contributed by atoms with E-state index >= 15 is 0 Å². The van der Waals surface area contributed by atoms with E-state index in [0.717, 1.165) is 12.0 Å². The van der Waals surface area contributed by atoms with Crippen molar-refractivity contribution in [1.82, 2.24) is 9.97 Å². The summed E-state index contributed by atoms with van der Waals surface area (Å²) in [4.78, 5) is 7.92. The van der Waals surface area contributed by atoms with Gasteiger partial charge < -0.3 is 25.1 Å². The molecule has 9 nitrogen and oxygen atoms in total. The second kappa shape index (κ2) is 9.30. The Kier molecular flexibility index (Phi) is 7.01. The Hall–Kier alpha value is -1.86. The van der Waals surface area contributed by atoms with Crippen LogP contribution in [0.1, 0.15) is 30.9 Å². The minimum Gasteiger partial charge on any atom is -0.493 e. The minimum atomic E-state index is -3.83. The van der Waals surface area contributed by atoms with Crippen molar-refractivity contribution < 1.29 is 22.1 Å². The van der Waals surface area contributed by atoms with Gasteiger partial charge in [-0.3, -0.25) is 0 Å². The molecule has 0 saturated carbocycles. The highest BCUT2D eigenvalue weighted by atomic mass is 127. The van der Waals surface area contributed by atoms with Gasteiger partial charge in [-0.05, 0) is 60.1 Å². The number of nitrogens with two attached hydrogens (primary N) is 2. The molecule has 1 aliphatic heterocycles. The lowest BCUT2D eigenvalue weighted by Crippen LogP contribution is -2.24. The number of ether oxygens (including phenoxy) is 2. The van der Waals surface area contributed by atoms with Gasteiger partial charge in [0.25, 0.3) is 0 Å². The summed E-state index contributed by atoms with van der Waals surface area (Å²) in [6.45, 7) is 2.85. The van der Waals surface area contributed by atoms with Gasteiger partial charge in [0, 0.05) is 24.8 Å². The fraction of sp³-hybridized carbons (Fsp3) is 0.444. The lowest BCUT2D eigenvalue weighted by atomic mass is 10.1. The van der Waals surface area contributed by atoms with E-state index in [1.54, 1.807) is 12.3 Å². The van der Waals surface area contributed by atoms with Crippen molar-refractivity contribution in [2.75, 3.05) is 30.4 Å². The van der Waals surface area contributed by atoms with E-state index in [4.69, 9.17) is 25.1 Å². The molecule has 2 heterocycles. The second-order valence-corrected chi connectivity index (χ2v) is 9.29. The van der Waals surface area contributed by atoms with Gasteiger partial charge in [-0.15, -0.1) is 0 Å². The number of aromatic nitrogens is 2. The number of nitrogen functional groups attached to an aromatic ring is 2. The van der Waals surface area contributed by atoms with Gasteiger partial charge in [-0.25, -0.2) is 4.98 Å². The first kappa shape index (κ1) is 21.8. The van der Waals surface area contributed by atoms with E-state index in [2.05, 4.69) is 9.97 Å². The molecule has 1 aliphatic rings. The average Bonchev–Trinajstić information content (AvgIpc) is 3.13. The zero-order valence-electron chi connectivity index (χ0n) is 15.9. The summed E-state index contributed by atoms with van der Waals surface area (Å²) in [5, 5.41) is 0. The number of hydrogen-bond donors (Lipinski definition) is 2. The van der Waals surface area contributed by atoms with Crippen LogP contribution in [0.5, 0.6) is 11.5 Å². The monoisotopic (exact) mass is 534 g/mol. The van der Waals surface area contributed by atoms with Gasteiger partial charge in [0.2, 0.25) is 5.95 Å². The molecule has 0 spiro atoms. The quantitative estimate of drug-likeness (QED) is 0.385. The molecule has 0 amide bonds. The third kappa shape index (κ3) is 5.82. The molecule has 158 valence electrons. The van der Waals surface area contributed by atoms with E-state index in [1.165, 1.54) is 0 Å². The van der Waals surface area contributed by atoms with Crippen molar-refractivity contribution in [2.24, 2.45) is 0 Å². The van der Waals surface area contributed by atoms with Crippen LogP contribution >= 0.6 is 22.6 Å². The van der Waals surface area contributed by atoms with Crippen LogP contribution in [0, 0.1) is 3.57 Å². The molecule has 11 heteroatoms. The Labute approximate surface area is 183 Å². The molecule has 0 bridgehead atoms. The molecule has 1 fully saturated rings. The summed E-state index contributed by atoms with van der Waals surface area (Å²) in [7, 11) is -3.83. The first-order valence-electron chi connectivity index (χ1n) is 9.13. The van der Waals surface area contributed by atoms with Gasteiger partial charge in [-0.1, -0.05) is 0 Å². The normalized spacial score (nSPS) is 16.7. The van der Waals surface area contributed by atoms with Gasteiger partial charge >= 0.3 is 10.1 Å². The summed E-state index contributed by atoms with van der Waals surface area (Å²) in [6, 6.07) is 3.48. The third-order valence-corrected chi connectivity index (χ3v) is 6.58. The Balaban J connectivity index is 1.89. The molecule has 4 N–H and O–H groups in total. The standard InChI is InChI=1S/C18H23IN4O5S/c1-2-26-14-7-11(6-12-9-22-18(21)23-17(12)20)8-15(16(14)19)28-29(24,25)10-13-4-3-5-27-13/h7-9,13H,2-6,10H2,1H3,(H4,20,21,22,23). The fourth-order valence-corrected chi connectivity index (χ4v) is 4.93. The maximum Gasteiger partial charge on any atom is 0.311 e. The summed E-state index contributed by atoms with van der Waals surface area (Å²) in [6.07, 6.45) is 3.14. The first-order chi connectivity index (χ1) is 13.8. The number of rotatable bonds is 8. The maximum atomic E-state index is 12.5. The van der Waals surface area contributed by atoms with Gasteiger partial charge in [-0.2, -0.15) is 13.4 Å². The predicted octanol–water partition coefficient (Wildman–Crippen LogP) is 2.12. The summed E-state index contributed by atoms with van der Waals surface area (Å²) in [5.41, 5.74) is 12.9. The molecule has 1 aromatic heterocycles. The van der Waals surface area contributed by atoms with Crippen molar-refractivity contribution >= 4 is 44.5 Å². The highest BCUT2D eigenvalue weighted by Crippen LogP contribution is 2.34. The van der Waals surface area contributed by atoms with Crippen molar-refractivity contribution in [2.45, 2.75) is 32.3 Å². The van der Waals surface area contributed by atoms with Crippen LogP contribution in [0.3, 0.4) is 0 Å². The second-order valence-electron chi connectivity index (χ2n) is 6.60. The minimum absolute atomic E-state index is 0.0908. The van der Waals surface area contributed by atoms with Crippen molar-refractivity contribution in [3.05, 3.63) is 33.0 Å². The van der Waals surface area contributed by atoms with Crippen LogP contribution in [0.2, 0.25) is 0 Å². The van der Waals surface area contributed by atoms with E-state index in [9.17, 15) is 8.42 Å². The summed E-state index contributed by atoms with van der Waals surface area (Å²) < 4.78 is 42.2. The van der Waals surface area contributed by atoms with E-state index in [0.29, 0.717) is 40.9 Å². The molecule has 1 unspecified atom stereocenters. The average molecular weight is 534 g/mol. The van der Waals surface area contributed by atoms with Crippen LogP contribution < -0.4 is 20.4 Å². The zero-order valence-corrected chi connectivity index (χ0v) is 18.9. The Morgan fingerprint density at radius 2 is 2.07 bits per heavy atom. The highest BCUT2D eigenvalue weighted by molar-refractivity contribution is 14.1. The van der Waals surface area contributed by atoms with Crippen LogP contribution in [-0.2, 0) is 21.3 Å². The van der Waals surface area contributed by atoms with Gasteiger partial charge in [0.05, 0.1) is 16.3 Å². The van der Waals surface area contributed by atoms with Crippen LogP contribution in [0.25, 0.3) is 0 Å². The predicted molar refractivity (Wildman–Crippen MR) is 117 cm³/mol. The molecular weight excluding hydrogens is 511 g/mol. The molecule has 29 heavy (non-hydrogen) atoms. The molecule has 0 aliphatic carbocycles. The summed E-state index contributed by atoms with van der Waals surface area (Å²) >= 11 is 2.02. The Morgan fingerprint density at radius 1 is 1.31 bits per heavy atom. The fourth-order valence-electron chi connectivity index (χ4n) is 3.01. The number of hydrogen-bond acceptors (Lipinski definition) is 9. The lowest BCUT2D eigenvalue weighted by molar-refractivity contribution is 0.126. The van der Waals surface area contributed by atoms with E-state index in [1.807, 2.05) is 35.6 Å². The Morgan fingerprint density at radius 3 is 2.72 bits per heavy atom. The van der Waals surface area contributed by atoms with Crippen LogP contribution in [0.4, 0.5) is 11.8 Å². The molecule has 1 saturated heterocycles. The van der Waals surface area contributed by atoms with Crippen molar-refractivity contribution in [1.29, 1.82) is 0 Å². The number of nitrogens with zero attached hydrogens (tertiary/aromatic N) is 2. The van der Waals surface area contributed by atoms with Crippen LogP contribution in [0.15, 0.2) is 18.3 Å². The van der Waals surface area contributed by atoms with Crippen LogP contribution in [-0.4, -0.2) is 43.5 Å². The summed E-state index contributed by atoms with van der Waals surface area (Å²) in [5.74, 6) is 0.911. The van der Waals surface area contributed by atoms with E-state index in [-0.39, 0.29) is 29.4 Å². The largest absolute Gasteiger partial charge is 0.493 e. The molecule has 0 radical (unpaired) electrons. The number of benzene rings is 1. The molecule has 3 rings (SSSR count). The van der Waals surface area contributed by atoms with Gasteiger partial charge in [0.15, 0.2) is 5.75 Å². The van der Waals surface area contributed by atoms with Gasteiger partial charge in [0.1, 0.15) is 17.3 Å². The highest BCUT2D eigenvalue weighted by Gasteiger charge is 2.26. The van der Waals surface area contributed by atoms with Crippen molar-refractivity contribution in [3.63, 3.8) is 0 Å². The third-order valence-electron chi connectivity index (χ3n) is 4.31. The molecule has 1 atom stereocenters. The smallest absolute Gasteiger partial charge is 0.311 e. The molecular formula is C18H23IN4O5S. The maximum absolute atomic E-state index is 12.5. The Bertz CT molecular complexity index is 980. The number of anilines is 2. The lowest BCUT2D eigenvalue weighted by Gasteiger charge is -2.16. The van der Waals surface area contributed by atoms with E-state index < -0.39 is 10.1 Å². The SMILES string of the molecule is CCOc1cc(Cc2cnc(N)nc2N)cc(OS(=O)(=O)CC2CCCO2)c1I. The zero-order chi connectivity index (χ0) is 21.0. The van der Waals surface area contributed by atoms with Crippen molar-refractivity contribution in [3.8, 4) is 11.5 Å². The number of halogens is 1.